The van der Waals surface area contributed by atoms with Crippen LogP contribution in [0.25, 0.3) is 0 Å². The van der Waals surface area contributed by atoms with E-state index in [2.05, 4.69) is 6.58 Å². The molecule has 2 rings (SSSR count). The van der Waals surface area contributed by atoms with Crippen molar-refractivity contribution in [1.29, 1.82) is 0 Å². The second-order valence-corrected chi connectivity index (χ2v) is 5.32. The van der Waals surface area contributed by atoms with Crippen molar-refractivity contribution in [2.75, 3.05) is 13.2 Å². The van der Waals surface area contributed by atoms with Crippen LogP contribution in [-0.4, -0.2) is 65.8 Å². The molecular formula is C15H18O9. The van der Waals surface area contributed by atoms with Gasteiger partial charge in [-0.15, -0.1) is 0 Å². The van der Waals surface area contributed by atoms with E-state index in [1.165, 1.54) is 0 Å². The van der Waals surface area contributed by atoms with Crippen LogP contribution in [0.1, 0.15) is 12.8 Å². The molecule has 0 amide bonds. The Hall–Kier alpha value is -2.39. The first kappa shape index (κ1) is 18.0. The third-order valence-corrected chi connectivity index (χ3v) is 3.47. The Morgan fingerprint density at radius 3 is 2.12 bits per heavy atom. The van der Waals surface area contributed by atoms with Crippen LogP contribution in [0, 0.1) is 0 Å². The van der Waals surface area contributed by atoms with E-state index in [1.54, 1.807) is 0 Å². The molecule has 2 heterocycles. The molecule has 0 saturated carbocycles. The Balaban J connectivity index is 1.83. The van der Waals surface area contributed by atoms with Gasteiger partial charge in [0.25, 0.3) is 0 Å². The van der Waals surface area contributed by atoms with E-state index in [9.17, 15) is 14.4 Å². The number of aliphatic hydroxyl groups excluding tert-OH is 1. The normalized spacial score (nSPS) is 28.5. The number of carboxylic acids is 1. The molecular weight excluding hydrogens is 324 g/mol. The van der Waals surface area contributed by atoms with Crippen LogP contribution < -0.4 is 0 Å². The van der Waals surface area contributed by atoms with Crippen molar-refractivity contribution in [2.24, 2.45) is 0 Å². The Kier molecular flexibility index (Phi) is 5.93. The largest absolute Gasteiger partial charge is 0.509 e. The maximum Gasteiger partial charge on any atom is 0.331 e. The molecule has 2 aliphatic rings. The van der Waals surface area contributed by atoms with Crippen LogP contribution in [0.15, 0.2) is 24.5 Å². The van der Waals surface area contributed by atoms with Gasteiger partial charge in [-0.05, 0) is 6.08 Å². The second-order valence-electron chi connectivity index (χ2n) is 5.32. The Labute approximate surface area is 137 Å². The number of aliphatic carboxylic acids is 1. The smallest absolute Gasteiger partial charge is 0.331 e. The number of allylic oxidation sites excluding steroid dienone is 1. The van der Waals surface area contributed by atoms with Gasteiger partial charge in [-0.3, -0.25) is 9.59 Å². The molecule has 0 aliphatic carbocycles. The summed E-state index contributed by atoms with van der Waals surface area (Å²) >= 11 is 0. The third kappa shape index (κ3) is 4.80. The fourth-order valence-corrected chi connectivity index (χ4v) is 2.42. The highest BCUT2D eigenvalue weighted by Crippen LogP contribution is 2.30. The van der Waals surface area contributed by atoms with Crippen LogP contribution in [0.2, 0.25) is 0 Å². The summed E-state index contributed by atoms with van der Waals surface area (Å²) in [6.45, 7) is 3.36. The molecule has 4 atom stereocenters. The molecule has 2 fully saturated rings. The van der Waals surface area contributed by atoms with E-state index in [4.69, 9.17) is 29.2 Å². The minimum Gasteiger partial charge on any atom is -0.509 e. The number of aliphatic hydroxyl groups is 1. The van der Waals surface area contributed by atoms with Crippen LogP contribution in [0.4, 0.5) is 0 Å². The summed E-state index contributed by atoms with van der Waals surface area (Å²) in [6.07, 6.45) is -0.923. The van der Waals surface area contributed by atoms with Gasteiger partial charge < -0.3 is 29.2 Å². The molecule has 0 spiro atoms. The first-order valence-electron chi connectivity index (χ1n) is 7.28. The van der Waals surface area contributed by atoms with E-state index in [0.29, 0.717) is 0 Å². The first-order valence-corrected chi connectivity index (χ1v) is 7.28. The first-order chi connectivity index (χ1) is 11.4. The van der Waals surface area contributed by atoms with Crippen molar-refractivity contribution >= 4 is 17.9 Å². The molecule has 24 heavy (non-hydrogen) atoms. The molecule has 2 aliphatic heterocycles. The number of fused-ring (bicyclic) bond motifs is 1. The highest BCUT2D eigenvalue weighted by atomic mass is 16.7. The summed E-state index contributed by atoms with van der Waals surface area (Å²) in [5, 5.41) is 17.4. The highest BCUT2D eigenvalue weighted by molar-refractivity contribution is 5.82. The highest BCUT2D eigenvalue weighted by Gasteiger charge is 2.51. The lowest BCUT2D eigenvalue weighted by Gasteiger charge is -2.16. The molecule has 9 nitrogen and oxygen atoms in total. The van der Waals surface area contributed by atoms with Crippen molar-refractivity contribution in [2.45, 2.75) is 37.3 Å². The fourth-order valence-electron chi connectivity index (χ4n) is 2.42. The van der Waals surface area contributed by atoms with Gasteiger partial charge in [0.2, 0.25) is 0 Å². The van der Waals surface area contributed by atoms with Gasteiger partial charge in [0, 0.05) is 6.08 Å². The standard InChI is InChI=1S/C15H18O9/c1-8(16)2-4-12(19)23-9-6-21-15-10(7-22-14(9)15)24-13(20)5-3-11(17)18/h2,4,9-10,14-16H,1,3,5-7H2,(H,17,18)/t9-,10-,14+,15+/m0/s1. The number of carbonyl (C=O) groups excluding carboxylic acids is 2. The van der Waals surface area contributed by atoms with Crippen LogP contribution >= 0.6 is 0 Å². The van der Waals surface area contributed by atoms with Gasteiger partial charge in [-0.25, -0.2) is 4.79 Å². The van der Waals surface area contributed by atoms with Crippen molar-refractivity contribution < 1.29 is 43.5 Å². The van der Waals surface area contributed by atoms with Gasteiger partial charge in [0.1, 0.15) is 18.0 Å². The number of hydrogen-bond donors (Lipinski definition) is 2. The maximum absolute atomic E-state index is 11.6. The topological polar surface area (TPSA) is 129 Å². The van der Waals surface area contributed by atoms with Gasteiger partial charge in [0.05, 0.1) is 26.1 Å². The number of carbonyl (C=O) groups is 3. The Bertz CT molecular complexity index is 553. The second kappa shape index (κ2) is 7.93. The van der Waals surface area contributed by atoms with Crippen molar-refractivity contribution in [1.82, 2.24) is 0 Å². The minimum atomic E-state index is -1.09. The molecule has 132 valence electrons. The van der Waals surface area contributed by atoms with Gasteiger partial charge in [0.15, 0.2) is 12.2 Å². The summed E-state index contributed by atoms with van der Waals surface area (Å²) in [4.78, 5) is 33.6. The van der Waals surface area contributed by atoms with E-state index in [0.717, 1.165) is 12.2 Å². The van der Waals surface area contributed by atoms with E-state index in [1.807, 2.05) is 0 Å². The van der Waals surface area contributed by atoms with E-state index >= 15 is 0 Å². The number of rotatable bonds is 7. The average Bonchev–Trinajstić information content (AvgIpc) is 3.07. The van der Waals surface area contributed by atoms with E-state index in [-0.39, 0.29) is 31.8 Å². The quantitative estimate of drug-likeness (QED) is 0.286. The zero-order chi connectivity index (χ0) is 17.7. The summed E-state index contributed by atoms with van der Waals surface area (Å²) < 4.78 is 21.3. The molecule has 0 bridgehead atoms. The molecule has 0 aromatic rings. The van der Waals surface area contributed by atoms with Gasteiger partial charge in [-0.2, -0.15) is 0 Å². The molecule has 0 aromatic carbocycles. The van der Waals surface area contributed by atoms with Gasteiger partial charge >= 0.3 is 17.9 Å². The predicted molar refractivity (Wildman–Crippen MR) is 77.0 cm³/mol. The third-order valence-electron chi connectivity index (χ3n) is 3.47. The van der Waals surface area contributed by atoms with Crippen LogP contribution in [0.5, 0.6) is 0 Å². The summed E-state index contributed by atoms with van der Waals surface area (Å²) in [5.74, 6) is -2.71. The maximum atomic E-state index is 11.6. The van der Waals surface area contributed by atoms with Crippen molar-refractivity contribution in [3.63, 3.8) is 0 Å². The lowest BCUT2D eigenvalue weighted by atomic mass is 10.1. The molecule has 2 N–H and O–H groups in total. The summed E-state index contributed by atoms with van der Waals surface area (Å²) in [6, 6.07) is 0. The van der Waals surface area contributed by atoms with E-state index < -0.39 is 42.3 Å². The SMILES string of the molecule is C=C(O)C=CC(=O)O[C@H]1CO[C@H]2[C@@H]1OC[C@@H]2OC(=O)CCC(=O)O. The fraction of sp³-hybridized carbons (Fsp3) is 0.533. The number of ether oxygens (including phenoxy) is 4. The van der Waals surface area contributed by atoms with Gasteiger partial charge in [-0.1, -0.05) is 6.58 Å². The van der Waals surface area contributed by atoms with Crippen molar-refractivity contribution in [3.05, 3.63) is 24.5 Å². The molecule has 2 saturated heterocycles. The molecule has 0 unspecified atom stereocenters. The number of carboxylic acid groups (broad SMARTS) is 1. The zero-order valence-electron chi connectivity index (χ0n) is 12.8. The summed E-state index contributed by atoms with van der Waals surface area (Å²) in [5.41, 5.74) is 0. The minimum absolute atomic E-state index is 0.0749. The lowest BCUT2D eigenvalue weighted by Crippen LogP contribution is -2.35. The van der Waals surface area contributed by atoms with Crippen molar-refractivity contribution in [3.8, 4) is 0 Å². The lowest BCUT2D eigenvalue weighted by molar-refractivity contribution is -0.156. The number of hydrogen-bond acceptors (Lipinski definition) is 8. The molecule has 0 aromatic heterocycles. The number of esters is 2. The average molecular weight is 342 g/mol. The molecule has 0 radical (unpaired) electrons. The Morgan fingerprint density at radius 2 is 1.58 bits per heavy atom. The van der Waals surface area contributed by atoms with Crippen LogP contribution in [0.3, 0.4) is 0 Å². The van der Waals surface area contributed by atoms with Crippen LogP contribution in [-0.2, 0) is 33.3 Å². The molecule has 9 heteroatoms. The zero-order valence-corrected chi connectivity index (χ0v) is 12.8. The monoisotopic (exact) mass is 342 g/mol. The summed E-state index contributed by atoms with van der Waals surface area (Å²) in [7, 11) is 0. The predicted octanol–water partition coefficient (Wildman–Crippen LogP) is 0.100. The Morgan fingerprint density at radius 1 is 1.00 bits per heavy atom.